The van der Waals surface area contributed by atoms with Gasteiger partial charge in [0.25, 0.3) is 0 Å². The Balaban J connectivity index is 1.63. The van der Waals surface area contributed by atoms with E-state index < -0.39 is 0 Å². The standard InChI is InChI=1S/C17H12BrN3O/c18-13-7-5-12(6-8-13)17-20-14(10-22-17)9-21-11-19-15-3-1-2-4-16(15)21/h1-8,10-11H,9H2. The van der Waals surface area contributed by atoms with Crippen molar-refractivity contribution < 1.29 is 4.42 Å². The van der Waals surface area contributed by atoms with Gasteiger partial charge in [-0.2, -0.15) is 0 Å². The van der Waals surface area contributed by atoms with Gasteiger partial charge in [-0.15, -0.1) is 0 Å². The Hall–Kier alpha value is -2.40. The number of aromatic nitrogens is 3. The first kappa shape index (κ1) is 13.3. The van der Waals surface area contributed by atoms with Crippen LogP contribution >= 0.6 is 15.9 Å². The average molecular weight is 354 g/mol. The zero-order chi connectivity index (χ0) is 14.9. The van der Waals surface area contributed by atoms with Crippen LogP contribution in [0.1, 0.15) is 5.69 Å². The van der Waals surface area contributed by atoms with Crippen LogP contribution in [0.25, 0.3) is 22.5 Å². The van der Waals surface area contributed by atoms with E-state index in [4.69, 9.17) is 4.42 Å². The summed E-state index contributed by atoms with van der Waals surface area (Å²) in [7, 11) is 0. The fraction of sp³-hybridized carbons (Fsp3) is 0.0588. The smallest absolute Gasteiger partial charge is 0.226 e. The number of fused-ring (bicyclic) bond motifs is 1. The summed E-state index contributed by atoms with van der Waals surface area (Å²) in [5, 5.41) is 0. The third-order valence-corrected chi connectivity index (χ3v) is 4.03. The van der Waals surface area contributed by atoms with E-state index >= 15 is 0 Å². The second-order valence-corrected chi connectivity index (χ2v) is 5.93. The molecule has 0 saturated carbocycles. The van der Waals surface area contributed by atoms with Gasteiger partial charge in [-0.3, -0.25) is 0 Å². The number of imidazole rings is 1. The summed E-state index contributed by atoms with van der Waals surface area (Å²) in [6.07, 6.45) is 3.53. The van der Waals surface area contributed by atoms with E-state index in [-0.39, 0.29) is 0 Å². The zero-order valence-electron chi connectivity index (χ0n) is 11.6. The second-order valence-electron chi connectivity index (χ2n) is 5.01. The number of para-hydroxylation sites is 2. The molecule has 0 spiro atoms. The van der Waals surface area contributed by atoms with Crippen LogP contribution in [0.4, 0.5) is 0 Å². The summed E-state index contributed by atoms with van der Waals surface area (Å²) >= 11 is 3.42. The number of halogens is 1. The monoisotopic (exact) mass is 353 g/mol. The lowest BCUT2D eigenvalue weighted by Gasteiger charge is -2.00. The molecular weight excluding hydrogens is 342 g/mol. The van der Waals surface area contributed by atoms with Gasteiger partial charge in [0, 0.05) is 10.0 Å². The van der Waals surface area contributed by atoms with Crippen molar-refractivity contribution in [3.05, 3.63) is 71.3 Å². The molecule has 0 bridgehead atoms. The van der Waals surface area contributed by atoms with Gasteiger partial charge in [0.05, 0.1) is 29.6 Å². The maximum Gasteiger partial charge on any atom is 0.226 e. The van der Waals surface area contributed by atoms with E-state index in [2.05, 4.69) is 36.5 Å². The molecule has 5 heteroatoms. The minimum atomic E-state index is 0.631. The predicted molar refractivity (Wildman–Crippen MR) is 88.5 cm³/mol. The quantitative estimate of drug-likeness (QED) is 0.544. The zero-order valence-corrected chi connectivity index (χ0v) is 13.2. The Bertz CT molecular complexity index is 924. The van der Waals surface area contributed by atoms with Crippen molar-refractivity contribution in [2.24, 2.45) is 0 Å². The lowest BCUT2D eigenvalue weighted by atomic mass is 10.2. The third kappa shape index (κ3) is 2.44. The van der Waals surface area contributed by atoms with E-state index in [1.807, 2.05) is 48.8 Å². The molecule has 2 aromatic heterocycles. The molecule has 4 rings (SSSR count). The number of benzene rings is 2. The highest BCUT2D eigenvalue weighted by Crippen LogP contribution is 2.22. The van der Waals surface area contributed by atoms with Crippen LogP contribution in [0.3, 0.4) is 0 Å². The van der Waals surface area contributed by atoms with Crippen LogP contribution < -0.4 is 0 Å². The first-order valence-electron chi connectivity index (χ1n) is 6.90. The number of hydrogen-bond donors (Lipinski definition) is 0. The Morgan fingerprint density at radius 1 is 1.05 bits per heavy atom. The number of nitrogens with zero attached hydrogens (tertiary/aromatic N) is 3. The molecule has 0 unspecified atom stereocenters. The molecule has 0 N–H and O–H groups in total. The van der Waals surface area contributed by atoms with Gasteiger partial charge in [-0.1, -0.05) is 28.1 Å². The molecule has 0 amide bonds. The number of hydrogen-bond acceptors (Lipinski definition) is 3. The van der Waals surface area contributed by atoms with Crippen LogP contribution in [0.15, 0.2) is 70.0 Å². The van der Waals surface area contributed by atoms with Crippen molar-refractivity contribution in [2.75, 3.05) is 0 Å². The molecule has 0 atom stereocenters. The average Bonchev–Trinajstić information content (AvgIpc) is 3.16. The molecule has 0 aliphatic heterocycles. The van der Waals surface area contributed by atoms with Gasteiger partial charge in [0.2, 0.25) is 5.89 Å². The first-order valence-corrected chi connectivity index (χ1v) is 7.69. The summed E-state index contributed by atoms with van der Waals surface area (Å²) in [6, 6.07) is 16.0. The van der Waals surface area contributed by atoms with E-state index in [0.29, 0.717) is 12.4 Å². The van der Waals surface area contributed by atoms with Crippen LogP contribution in [-0.4, -0.2) is 14.5 Å². The van der Waals surface area contributed by atoms with E-state index in [1.165, 1.54) is 0 Å². The molecule has 0 aliphatic rings. The maximum absolute atomic E-state index is 5.59. The molecular formula is C17H12BrN3O. The van der Waals surface area contributed by atoms with Crippen LogP contribution in [0, 0.1) is 0 Å². The minimum absolute atomic E-state index is 0.631. The van der Waals surface area contributed by atoms with Crippen molar-refractivity contribution in [2.45, 2.75) is 6.54 Å². The van der Waals surface area contributed by atoms with Gasteiger partial charge in [0.15, 0.2) is 0 Å². The predicted octanol–water partition coefficient (Wildman–Crippen LogP) is 4.50. The fourth-order valence-electron chi connectivity index (χ4n) is 2.42. The summed E-state index contributed by atoms with van der Waals surface area (Å²) < 4.78 is 8.69. The number of oxazole rings is 1. The molecule has 0 fully saturated rings. The van der Waals surface area contributed by atoms with E-state index in [9.17, 15) is 0 Å². The Morgan fingerprint density at radius 2 is 1.86 bits per heavy atom. The summed E-state index contributed by atoms with van der Waals surface area (Å²) in [5.74, 6) is 0.631. The van der Waals surface area contributed by atoms with Crippen molar-refractivity contribution in [1.82, 2.24) is 14.5 Å². The van der Waals surface area contributed by atoms with Crippen molar-refractivity contribution in [3.63, 3.8) is 0 Å². The van der Waals surface area contributed by atoms with Gasteiger partial charge >= 0.3 is 0 Å². The molecule has 22 heavy (non-hydrogen) atoms. The Kier molecular flexibility index (Phi) is 3.27. The Morgan fingerprint density at radius 3 is 2.73 bits per heavy atom. The lowest BCUT2D eigenvalue weighted by molar-refractivity contribution is 0.571. The molecule has 0 aliphatic carbocycles. The normalized spacial score (nSPS) is 11.1. The lowest BCUT2D eigenvalue weighted by Crippen LogP contribution is -1.98. The van der Waals surface area contributed by atoms with E-state index in [1.54, 1.807) is 6.26 Å². The SMILES string of the molecule is Brc1ccc(-c2nc(Cn3cnc4ccccc43)co2)cc1. The third-order valence-electron chi connectivity index (χ3n) is 3.50. The van der Waals surface area contributed by atoms with Gasteiger partial charge < -0.3 is 8.98 Å². The first-order chi connectivity index (χ1) is 10.8. The van der Waals surface area contributed by atoms with Gasteiger partial charge in [-0.05, 0) is 36.4 Å². The van der Waals surface area contributed by atoms with Gasteiger partial charge in [-0.25, -0.2) is 9.97 Å². The largest absolute Gasteiger partial charge is 0.444 e. The van der Waals surface area contributed by atoms with Crippen molar-refractivity contribution in [3.8, 4) is 11.5 Å². The highest BCUT2D eigenvalue weighted by molar-refractivity contribution is 9.10. The molecule has 4 aromatic rings. The van der Waals surface area contributed by atoms with Crippen LogP contribution in [0.2, 0.25) is 0 Å². The van der Waals surface area contributed by atoms with Crippen LogP contribution in [-0.2, 0) is 6.54 Å². The minimum Gasteiger partial charge on any atom is -0.444 e. The van der Waals surface area contributed by atoms with Crippen molar-refractivity contribution in [1.29, 1.82) is 0 Å². The highest BCUT2D eigenvalue weighted by Gasteiger charge is 2.09. The van der Waals surface area contributed by atoms with Gasteiger partial charge in [0.1, 0.15) is 6.26 Å². The second kappa shape index (κ2) is 5.42. The maximum atomic E-state index is 5.59. The molecule has 0 radical (unpaired) electrons. The Labute approximate surface area is 135 Å². The molecule has 0 saturated heterocycles. The number of rotatable bonds is 3. The molecule has 2 aromatic carbocycles. The summed E-state index contributed by atoms with van der Waals surface area (Å²) in [6.45, 7) is 0.639. The molecule has 2 heterocycles. The molecule has 4 nitrogen and oxygen atoms in total. The molecule has 108 valence electrons. The highest BCUT2D eigenvalue weighted by atomic mass is 79.9. The van der Waals surface area contributed by atoms with Crippen LogP contribution in [0.5, 0.6) is 0 Å². The van der Waals surface area contributed by atoms with E-state index in [0.717, 1.165) is 26.8 Å². The van der Waals surface area contributed by atoms with Crippen molar-refractivity contribution >= 4 is 27.0 Å². The summed E-state index contributed by atoms with van der Waals surface area (Å²) in [5.41, 5.74) is 3.92. The fourth-order valence-corrected chi connectivity index (χ4v) is 2.68. The topological polar surface area (TPSA) is 43.9 Å². The summed E-state index contributed by atoms with van der Waals surface area (Å²) in [4.78, 5) is 8.95.